The van der Waals surface area contributed by atoms with Crippen LogP contribution in [0.5, 0.6) is 0 Å². The molecule has 1 heterocycles. The number of hydrogen-bond donors (Lipinski definition) is 2. The molecular formula is C18H14BFN2. The van der Waals surface area contributed by atoms with E-state index in [0.29, 0.717) is 5.56 Å². The Labute approximate surface area is 128 Å². The molecule has 106 valence electrons. The molecule has 0 saturated carbocycles. The minimum Gasteiger partial charge on any atom is -0.405 e. The molecule has 4 heteroatoms. The Kier molecular flexibility index (Phi) is 3.08. The number of hydrogen-bond acceptors (Lipinski definition) is 2. The van der Waals surface area contributed by atoms with Crippen LogP contribution < -0.4 is 10.5 Å². The van der Waals surface area contributed by atoms with Gasteiger partial charge in [0.2, 0.25) is 0 Å². The van der Waals surface area contributed by atoms with Gasteiger partial charge in [-0.25, -0.2) is 4.39 Å². The van der Waals surface area contributed by atoms with Crippen LogP contribution in [-0.2, 0) is 0 Å². The maximum absolute atomic E-state index is 13.7. The zero-order chi connectivity index (χ0) is 14.9. The summed E-state index contributed by atoms with van der Waals surface area (Å²) in [7, 11) is 0. The number of benzene rings is 3. The van der Waals surface area contributed by atoms with Crippen molar-refractivity contribution in [3.63, 3.8) is 0 Å². The summed E-state index contributed by atoms with van der Waals surface area (Å²) in [5, 5.41) is 9.26. The van der Waals surface area contributed by atoms with Gasteiger partial charge in [-0.1, -0.05) is 54.5 Å². The molecule has 0 bridgehead atoms. The fraction of sp³-hybridized carbons (Fsp3) is 0. The summed E-state index contributed by atoms with van der Waals surface area (Å²) in [5.74, 6) is 1.73. The molecule has 0 saturated heterocycles. The van der Waals surface area contributed by atoms with Crippen molar-refractivity contribution >= 4 is 35.2 Å². The zero-order valence-electron chi connectivity index (χ0n) is 11.9. The first-order valence-corrected chi connectivity index (χ1v) is 7.29. The third-order valence-electron chi connectivity index (χ3n) is 3.90. The molecule has 2 N–H and O–H groups in total. The van der Waals surface area contributed by atoms with Crippen LogP contribution in [0.1, 0.15) is 5.56 Å². The van der Waals surface area contributed by atoms with Crippen molar-refractivity contribution in [1.29, 1.82) is 0 Å². The Morgan fingerprint density at radius 2 is 1.50 bits per heavy atom. The minimum atomic E-state index is -0.211. The van der Waals surface area contributed by atoms with Gasteiger partial charge < -0.3 is 10.5 Å². The molecule has 0 aliphatic carbocycles. The highest BCUT2D eigenvalue weighted by Crippen LogP contribution is 2.34. The molecule has 0 unspecified atom stereocenters. The van der Waals surface area contributed by atoms with E-state index in [2.05, 4.69) is 34.7 Å². The maximum atomic E-state index is 13.7. The van der Waals surface area contributed by atoms with Crippen molar-refractivity contribution in [3.8, 4) is 0 Å². The van der Waals surface area contributed by atoms with Gasteiger partial charge >= 0.3 is 6.98 Å². The first kappa shape index (κ1) is 13.0. The van der Waals surface area contributed by atoms with Crippen molar-refractivity contribution in [2.24, 2.45) is 0 Å². The van der Waals surface area contributed by atoms with Gasteiger partial charge in [-0.05, 0) is 23.6 Å². The van der Waals surface area contributed by atoms with E-state index in [4.69, 9.17) is 0 Å². The molecule has 1 aliphatic rings. The van der Waals surface area contributed by atoms with Gasteiger partial charge in [-0.2, -0.15) is 0 Å². The monoisotopic (exact) mass is 288 g/mol. The highest BCUT2D eigenvalue weighted by Gasteiger charge is 2.20. The fourth-order valence-corrected chi connectivity index (χ4v) is 2.86. The predicted octanol–water partition coefficient (Wildman–Crippen LogP) is 4.56. The lowest BCUT2D eigenvalue weighted by Gasteiger charge is -2.24. The summed E-state index contributed by atoms with van der Waals surface area (Å²) >= 11 is 0. The van der Waals surface area contributed by atoms with Crippen molar-refractivity contribution in [2.45, 2.75) is 0 Å². The molecule has 4 rings (SSSR count). The van der Waals surface area contributed by atoms with Crippen LogP contribution in [0.2, 0.25) is 0 Å². The lowest BCUT2D eigenvalue weighted by molar-refractivity contribution is 0.625. The van der Waals surface area contributed by atoms with Crippen molar-refractivity contribution < 1.29 is 4.39 Å². The van der Waals surface area contributed by atoms with Gasteiger partial charge in [-0.15, -0.1) is 0 Å². The highest BCUT2D eigenvalue weighted by molar-refractivity contribution is 6.73. The molecule has 1 aliphatic heterocycles. The van der Waals surface area contributed by atoms with Gasteiger partial charge in [0, 0.05) is 22.3 Å². The first-order chi connectivity index (χ1) is 10.8. The minimum absolute atomic E-state index is 0.0693. The molecule has 0 amide bonds. The van der Waals surface area contributed by atoms with Gasteiger partial charge in [0.1, 0.15) is 5.82 Å². The van der Waals surface area contributed by atoms with E-state index in [-0.39, 0.29) is 12.8 Å². The summed E-state index contributed by atoms with van der Waals surface area (Å²) in [4.78, 5) is 0. The van der Waals surface area contributed by atoms with Crippen molar-refractivity contribution in [2.75, 3.05) is 10.5 Å². The molecule has 2 nitrogen and oxygen atoms in total. The molecule has 3 aromatic carbocycles. The number of halogens is 1. The fourth-order valence-electron chi connectivity index (χ4n) is 2.86. The number of rotatable bonds is 2. The third-order valence-corrected chi connectivity index (χ3v) is 3.90. The molecule has 0 radical (unpaired) electrons. The Morgan fingerprint density at radius 3 is 2.18 bits per heavy atom. The Hall–Kier alpha value is -2.75. The van der Waals surface area contributed by atoms with E-state index in [9.17, 15) is 4.39 Å². The Balaban J connectivity index is 1.66. The maximum Gasteiger partial charge on any atom is 0.398 e. The van der Waals surface area contributed by atoms with Crippen LogP contribution in [0.3, 0.4) is 0 Å². The second-order valence-electron chi connectivity index (χ2n) is 5.36. The third kappa shape index (κ3) is 2.23. The van der Waals surface area contributed by atoms with E-state index in [1.165, 1.54) is 16.8 Å². The lowest BCUT2D eigenvalue weighted by atomic mass is 9.73. The molecule has 22 heavy (non-hydrogen) atoms. The molecule has 0 aromatic heterocycles. The van der Waals surface area contributed by atoms with Crippen LogP contribution >= 0.6 is 0 Å². The molecule has 0 atom stereocenters. The quantitative estimate of drug-likeness (QED) is 0.676. The second kappa shape index (κ2) is 5.22. The predicted molar refractivity (Wildman–Crippen MR) is 92.4 cm³/mol. The molecule has 0 spiro atoms. The molecule has 0 fully saturated rings. The van der Waals surface area contributed by atoms with E-state index in [1.54, 1.807) is 18.2 Å². The summed E-state index contributed by atoms with van der Waals surface area (Å²) in [6, 6.07) is 19.2. The summed E-state index contributed by atoms with van der Waals surface area (Å²) in [5.41, 5.74) is 2.77. The van der Waals surface area contributed by atoms with Gasteiger partial charge in [-0.3, -0.25) is 0 Å². The van der Waals surface area contributed by atoms with E-state index in [0.717, 1.165) is 11.4 Å². The van der Waals surface area contributed by atoms with Crippen LogP contribution in [0, 0.1) is 5.82 Å². The standard InChI is InChI=1S/C18H14BFN2/c20-15-8-2-1-5-13(15)11-12-19-21-16-9-3-6-14-7-4-10-17(22-19)18(14)16/h1-12,21-22H/b12-11+. The van der Waals surface area contributed by atoms with Crippen LogP contribution in [0.15, 0.2) is 66.6 Å². The first-order valence-electron chi connectivity index (χ1n) is 7.29. The average molecular weight is 288 g/mol. The zero-order valence-corrected chi connectivity index (χ0v) is 11.9. The summed E-state index contributed by atoms with van der Waals surface area (Å²) in [6.07, 6.45) is 1.80. The van der Waals surface area contributed by atoms with Gasteiger partial charge in [0.05, 0.1) is 0 Å². The highest BCUT2D eigenvalue weighted by atomic mass is 19.1. The molecule has 3 aromatic rings. The summed E-state index contributed by atoms with van der Waals surface area (Å²) in [6.45, 7) is -0.0693. The second-order valence-corrected chi connectivity index (χ2v) is 5.36. The SMILES string of the molecule is Fc1ccccc1/C=C/B1Nc2cccc3cccc(c23)N1. The number of anilines is 2. The van der Waals surface area contributed by atoms with Crippen LogP contribution in [0.25, 0.3) is 16.8 Å². The van der Waals surface area contributed by atoms with Crippen molar-refractivity contribution in [1.82, 2.24) is 0 Å². The van der Waals surface area contributed by atoms with Crippen LogP contribution in [0.4, 0.5) is 15.8 Å². The Bertz CT molecular complexity index is 835. The molecular weight excluding hydrogens is 274 g/mol. The Morgan fingerprint density at radius 1 is 0.818 bits per heavy atom. The lowest BCUT2D eigenvalue weighted by Crippen LogP contribution is -2.35. The van der Waals surface area contributed by atoms with E-state index >= 15 is 0 Å². The van der Waals surface area contributed by atoms with E-state index in [1.807, 2.05) is 24.2 Å². The summed E-state index contributed by atoms with van der Waals surface area (Å²) < 4.78 is 13.7. The largest absolute Gasteiger partial charge is 0.405 e. The normalized spacial score (nSPS) is 13.2. The van der Waals surface area contributed by atoms with Gasteiger partial charge in [0.15, 0.2) is 0 Å². The smallest absolute Gasteiger partial charge is 0.398 e. The van der Waals surface area contributed by atoms with Crippen molar-refractivity contribution in [3.05, 3.63) is 78.0 Å². The topological polar surface area (TPSA) is 24.1 Å². The average Bonchev–Trinajstić information content (AvgIpc) is 2.55. The van der Waals surface area contributed by atoms with Crippen LogP contribution in [-0.4, -0.2) is 6.98 Å². The van der Waals surface area contributed by atoms with E-state index < -0.39 is 0 Å². The van der Waals surface area contributed by atoms with Gasteiger partial charge in [0.25, 0.3) is 0 Å². The number of nitrogens with one attached hydrogen (secondary N) is 2.